The van der Waals surface area contributed by atoms with E-state index < -0.39 is 0 Å². The van der Waals surface area contributed by atoms with Gasteiger partial charge < -0.3 is 35.9 Å². The van der Waals surface area contributed by atoms with E-state index in [2.05, 4.69) is 68.5 Å². The van der Waals surface area contributed by atoms with Crippen LogP contribution >= 0.6 is 0 Å². The molecule has 2 aromatic carbocycles. The molecule has 0 radical (unpaired) electrons. The fourth-order valence-corrected chi connectivity index (χ4v) is 5.39. The van der Waals surface area contributed by atoms with Crippen LogP contribution in [0.4, 0.5) is 11.8 Å². The van der Waals surface area contributed by atoms with Crippen LogP contribution < -0.4 is 21.1 Å². The molecule has 1 saturated carbocycles. The quantitative estimate of drug-likeness (QED) is 0.189. The summed E-state index contributed by atoms with van der Waals surface area (Å²) in [6, 6.07) is 15.2. The van der Waals surface area contributed by atoms with Gasteiger partial charge in [-0.1, -0.05) is 37.6 Å². The van der Waals surface area contributed by atoms with Crippen molar-refractivity contribution in [2.24, 2.45) is 0 Å². The lowest BCUT2D eigenvalue weighted by molar-refractivity contribution is 0.116. The van der Waals surface area contributed by atoms with Gasteiger partial charge in [0.05, 0.1) is 25.3 Å². The van der Waals surface area contributed by atoms with E-state index in [9.17, 15) is 5.11 Å². The molecule has 39 heavy (non-hydrogen) atoms. The van der Waals surface area contributed by atoms with Gasteiger partial charge in [-0.15, -0.1) is 0 Å². The molecule has 0 aliphatic heterocycles. The molecule has 1 aliphatic carbocycles. The highest BCUT2D eigenvalue weighted by Gasteiger charge is 2.20. The smallest absolute Gasteiger partial charge is 0.222 e. The number of nitrogens with two attached hydrogens (primary N) is 1. The summed E-state index contributed by atoms with van der Waals surface area (Å²) in [6.45, 7) is 4.40. The molecular weight excluding hydrogens is 492 g/mol. The third-order valence-electron chi connectivity index (χ3n) is 7.41. The zero-order valence-corrected chi connectivity index (χ0v) is 23.3. The molecule has 0 saturated heterocycles. The summed E-state index contributed by atoms with van der Waals surface area (Å²) in [6.07, 6.45) is 5.79. The molecule has 0 amide bonds. The minimum absolute atomic E-state index is 0.141. The number of nitrogens with one attached hydrogen (secondary N) is 2. The molecule has 9 nitrogen and oxygen atoms in total. The molecule has 0 unspecified atom stereocenters. The lowest BCUT2D eigenvalue weighted by Gasteiger charge is -2.26. The van der Waals surface area contributed by atoms with Gasteiger partial charge in [0.1, 0.15) is 16.8 Å². The topological polar surface area (TPSA) is 130 Å². The third-order valence-corrected chi connectivity index (χ3v) is 7.41. The number of methoxy groups -OCH3 is 1. The van der Waals surface area contributed by atoms with Gasteiger partial charge in [-0.25, -0.2) is 4.98 Å². The number of anilines is 2. The molecule has 210 valence electrons. The number of ether oxygens (including phenoxy) is 1. The van der Waals surface area contributed by atoms with Gasteiger partial charge >= 0.3 is 0 Å². The van der Waals surface area contributed by atoms with Crippen molar-refractivity contribution in [2.75, 3.05) is 31.8 Å². The van der Waals surface area contributed by atoms with Crippen molar-refractivity contribution >= 4 is 33.7 Å². The molecule has 6 N–H and O–H groups in total. The largest absolute Gasteiger partial charge is 0.496 e. The van der Waals surface area contributed by atoms with Crippen molar-refractivity contribution in [1.29, 1.82) is 0 Å². The van der Waals surface area contributed by atoms with Gasteiger partial charge in [0.2, 0.25) is 5.95 Å². The van der Waals surface area contributed by atoms with E-state index in [4.69, 9.17) is 15.6 Å². The van der Waals surface area contributed by atoms with Crippen LogP contribution in [0.2, 0.25) is 0 Å². The maximum absolute atomic E-state index is 9.81. The predicted octanol–water partition coefficient (Wildman–Crippen LogP) is 4.44. The number of rotatable bonds is 10. The van der Waals surface area contributed by atoms with E-state index in [-0.39, 0.29) is 12.1 Å². The van der Waals surface area contributed by atoms with E-state index >= 15 is 0 Å². The molecule has 0 bridgehead atoms. The first kappa shape index (κ1) is 28.6. The molecule has 5 rings (SSSR count). The van der Waals surface area contributed by atoms with Crippen molar-refractivity contribution < 1.29 is 14.9 Å². The molecular formula is C30H42N6O3. The molecule has 9 heteroatoms. The van der Waals surface area contributed by atoms with Crippen LogP contribution in [-0.2, 0) is 13.1 Å². The number of para-hydroxylation sites is 1. The summed E-state index contributed by atoms with van der Waals surface area (Å²) in [5.74, 6) is 1.89. The molecule has 2 heterocycles. The third kappa shape index (κ3) is 6.61. The molecule has 2 aromatic heterocycles. The number of nitrogens with zero attached hydrogens (tertiary/aromatic N) is 3. The number of benzene rings is 2. The predicted molar refractivity (Wildman–Crippen MR) is 158 cm³/mol. The standard InChI is InChI=1S/C29H38N6O2.CH4O/c1-3-4-15-31-28-27-26(33-29(30)34-28)23-7-5-6-8-24(23)35(27)18-20-16-19(9-14-25(20)37-2)17-32-21-10-12-22(36)13-11-21;1-2/h5-9,14,16,21-22,32,36H,3-4,10-13,15,17-18H2,1-2H3,(H3,30,31,33,34);2H,1H3. The lowest BCUT2D eigenvalue weighted by Crippen LogP contribution is -2.34. The Morgan fingerprint density at radius 1 is 1.08 bits per heavy atom. The normalized spacial score (nSPS) is 17.2. The zero-order valence-electron chi connectivity index (χ0n) is 23.3. The summed E-state index contributed by atoms with van der Waals surface area (Å²) in [5, 5.41) is 25.1. The lowest BCUT2D eigenvalue weighted by atomic mass is 9.93. The summed E-state index contributed by atoms with van der Waals surface area (Å²) >= 11 is 0. The van der Waals surface area contributed by atoms with Crippen molar-refractivity contribution in [1.82, 2.24) is 19.9 Å². The van der Waals surface area contributed by atoms with Gasteiger partial charge in [-0.05, 0) is 55.9 Å². The average molecular weight is 535 g/mol. The SMILES string of the molecule is CCCCNc1nc(N)nc2c3ccccc3n(Cc3cc(CNC4CCC(O)CC4)ccc3OC)c12.CO. The molecule has 1 fully saturated rings. The van der Waals surface area contributed by atoms with E-state index in [1.807, 2.05) is 6.07 Å². The second kappa shape index (κ2) is 13.6. The van der Waals surface area contributed by atoms with Gasteiger partial charge in [-0.3, -0.25) is 0 Å². The molecule has 1 aliphatic rings. The maximum atomic E-state index is 9.81. The van der Waals surface area contributed by atoms with Crippen LogP contribution in [0.5, 0.6) is 5.75 Å². The first-order chi connectivity index (χ1) is 19.1. The summed E-state index contributed by atoms with van der Waals surface area (Å²) in [5.41, 5.74) is 11.3. The Kier molecular flexibility index (Phi) is 9.97. The van der Waals surface area contributed by atoms with Gasteiger partial charge in [0.25, 0.3) is 0 Å². The van der Waals surface area contributed by atoms with Crippen molar-refractivity contribution in [3.63, 3.8) is 0 Å². The van der Waals surface area contributed by atoms with Crippen molar-refractivity contribution in [3.8, 4) is 5.75 Å². The van der Waals surface area contributed by atoms with Gasteiger partial charge in [-0.2, -0.15) is 4.98 Å². The van der Waals surface area contributed by atoms with E-state index in [0.29, 0.717) is 12.6 Å². The fraction of sp³-hybridized carbons (Fsp3) is 0.467. The summed E-state index contributed by atoms with van der Waals surface area (Å²) in [4.78, 5) is 9.24. The number of nitrogen functional groups attached to an aromatic ring is 1. The Bertz CT molecular complexity index is 1360. The number of hydrogen-bond donors (Lipinski definition) is 5. The van der Waals surface area contributed by atoms with Crippen LogP contribution in [0.3, 0.4) is 0 Å². The van der Waals surface area contributed by atoms with Crippen LogP contribution in [0, 0.1) is 0 Å². The van der Waals surface area contributed by atoms with E-state index in [0.717, 1.165) is 97.8 Å². The Labute approximate surface area is 230 Å². The minimum atomic E-state index is -0.141. The number of aromatic nitrogens is 3. The number of unbranched alkanes of at least 4 members (excludes halogenated alkanes) is 1. The number of fused-ring (bicyclic) bond motifs is 3. The Morgan fingerprint density at radius 3 is 2.59 bits per heavy atom. The van der Waals surface area contributed by atoms with Gasteiger partial charge in [0, 0.05) is 37.2 Å². The number of aliphatic hydroxyl groups excluding tert-OH is 2. The highest BCUT2D eigenvalue weighted by atomic mass is 16.5. The van der Waals surface area contributed by atoms with E-state index in [1.165, 1.54) is 5.56 Å². The summed E-state index contributed by atoms with van der Waals surface area (Å²) in [7, 11) is 2.72. The second-order valence-electron chi connectivity index (χ2n) is 10.0. The molecule has 0 spiro atoms. The zero-order chi connectivity index (χ0) is 27.8. The highest BCUT2D eigenvalue weighted by molar-refractivity contribution is 6.09. The van der Waals surface area contributed by atoms with Crippen molar-refractivity contribution in [3.05, 3.63) is 53.6 Å². The number of aliphatic hydroxyl groups is 2. The van der Waals surface area contributed by atoms with Crippen LogP contribution in [0.25, 0.3) is 21.9 Å². The Balaban J connectivity index is 0.00000172. The van der Waals surface area contributed by atoms with Crippen LogP contribution in [0.1, 0.15) is 56.6 Å². The molecule has 0 atom stereocenters. The minimum Gasteiger partial charge on any atom is -0.496 e. The number of hydrogen-bond acceptors (Lipinski definition) is 8. The molecule has 4 aromatic rings. The fourth-order valence-electron chi connectivity index (χ4n) is 5.39. The monoisotopic (exact) mass is 534 g/mol. The maximum Gasteiger partial charge on any atom is 0.222 e. The Hall–Kier alpha value is -3.40. The van der Waals surface area contributed by atoms with E-state index in [1.54, 1.807) is 7.11 Å². The summed E-state index contributed by atoms with van der Waals surface area (Å²) < 4.78 is 8.05. The Morgan fingerprint density at radius 2 is 1.85 bits per heavy atom. The van der Waals surface area contributed by atoms with Gasteiger partial charge in [0.15, 0.2) is 5.82 Å². The van der Waals surface area contributed by atoms with Crippen molar-refractivity contribution in [2.45, 2.75) is 70.7 Å². The van der Waals surface area contributed by atoms with Crippen LogP contribution in [0.15, 0.2) is 42.5 Å². The average Bonchev–Trinajstić information content (AvgIpc) is 3.27. The van der Waals surface area contributed by atoms with Crippen LogP contribution in [-0.4, -0.2) is 57.7 Å². The first-order valence-electron chi connectivity index (χ1n) is 13.9. The first-order valence-corrected chi connectivity index (χ1v) is 13.9. The second-order valence-corrected chi connectivity index (χ2v) is 10.0. The highest BCUT2D eigenvalue weighted by Crippen LogP contribution is 2.34.